The molecular formula is C22H24N6O2. The zero-order chi connectivity index (χ0) is 20.3. The Morgan fingerprint density at radius 2 is 1.70 bits per heavy atom. The average molecular weight is 404 g/mol. The molecule has 0 unspecified atom stereocenters. The predicted molar refractivity (Wildman–Crippen MR) is 112 cm³/mol. The van der Waals surface area contributed by atoms with E-state index in [1.807, 2.05) is 48.7 Å². The van der Waals surface area contributed by atoms with Gasteiger partial charge in [0.15, 0.2) is 0 Å². The highest BCUT2D eigenvalue weighted by atomic mass is 16.5. The molecule has 0 atom stereocenters. The first-order valence-corrected chi connectivity index (χ1v) is 10.1. The Labute approximate surface area is 174 Å². The molecule has 0 saturated carbocycles. The van der Waals surface area contributed by atoms with Crippen LogP contribution in [0, 0.1) is 0 Å². The van der Waals surface area contributed by atoms with Gasteiger partial charge >= 0.3 is 0 Å². The standard InChI is InChI=1S/C22H24N6O2/c1-29-19-7-3-2-6-18(19)22-24-21(30-25-22)16-27-12-10-26(11-13-27)14-17-15-28-9-5-4-8-20(28)23-17/h2-9,15H,10-14,16H2,1H3. The quantitative estimate of drug-likeness (QED) is 0.489. The van der Waals surface area contributed by atoms with Gasteiger partial charge in [-0.1, -0.05) is 23.4 Å². The molecule has 1 aliphatic heterocycles. The van der Waals surface area contributed by atoms with Gasteiger partial charge in [-0.25, -0.2) is 4.98 Å². The van der Waals surface area contributed by atoms with Crippen LogP contribution in [-0.4, -0.2) is 62.6 Å². The summed E-state index contributed by atoms with van der Waals surface area (Å²) in [6.07, 6.45) is 4.15. The molecule has 154 valence electrons. The van der Waals surface area contributed by atoms with Crippen LogP contribution in [0.15, 0.2) is 59.4 Å². The van der Waals surface area contributed by atoms with E-state index in [2.05, 4.69) is 30.5 Å². The topological polar surface area (TPSA) is 71.9 Å². The third kappa shape index (κ3) is 3.92. The number of para-hydroxylation sites is 1. The van der Waals surface area contributed by atoms with E-state index in [0.29, 0.717) is 18.3 Å². The number of aromatic nitrogens is 4. The minimum atomic E-state index is 0.563. The lowest BCUT2D eigenvalue weighted by Gasteiger charge is -2.33. The van der Waals surface area contributed by atoms with Crippen LogP contribution in [0.3, 0.4) is 0 Å². The van der Waals surface area contributed by atoms with Gasteiger partial charge in [-0.3, -0.25) is 9.80 Å². The summed E-state index contributed by atoms with van der Waals surface area (Å²) in [4.78, 5) is 14.1. The number of nitrogens with zero attached hydrogens (tertiary/aromatic N) is 6. The minimum Gasteiger partial charge on any atom is -0.496 e. The summed E-state index contributed by atoms with van der Waals surface area (Å²) >= 11 is 0. The second kappa shape index (κ2) is 8.25. The van der Waals surface area contributed by atoms with Crippen molar-refractivity contribution in [3.05, 3.63) is 66.4 Å². The second-order valence-electron chi connectivity index (χ2n) is 7.46. The van der Waals surface area contributed by atoms with Crippen molar-refractivity contribution in [1.82, 2.24) is 29.3 Å². The van der Waals surface area contributed by atoms with Crippen molar-refractivity contribution in [3.63, 3.8) is 0 Å². The second-order valence-corrected chi connectivity index (χ2v) is 7.46. The number of rotatable bonds is 6. The van der Waals surface area contributed by atoms with Crippen molar-refractivity contribution >= 4 is 5.65 Å². The number of benzene rings is 1. The average Bonchev–Trinajstić information content (AvgIpc) is 3.41. The van der Waals surface area contributed by atoms with Crippen LogP contribution in [0.1, 0.15) is 11.6 Å². The normalized spacial score (nSPS) is 15.6. The monoisotopic (exact) mass is 404 g/mol. The molecule has 4 heterocycles. The van der Waals surface area contributed by atoms with E-state index in [1.165, 1.54) is 0 Å². The van der Waals surface area contributed by atoms with Gasteiger partial charge in [0.05, 0.1) is 24.9 Å². The summed E-state index contributed by atoms with van der Waals surface area (Å²) in [7, 11) is 1.64. The fourth-order valence-corrected chi connectivity index (χ4v) is 3.85. The Kier molecular flexibility index (Phi) is 5.17. The lowest BCUT2D eigenvalue weighted by molar-refractivity contribution is 0.111. The summed E-state index contributed by atoms with van der Waals surface area (Å²) in [6, 6.07) is 13.8. The van der Waals surface area contributed by atoms with Crippen molar-refractivity contribution in [2.24, 2.45) is 0 Å². The number of fused-ring (bicyclic) bond motifs is 1. The molecule has 4 aromatic rings. The van der Waals surface area contributed by atoms with Gasteiger partial charge in [0, 0.05) is 45.1 Å². The van der Waals surface area contributed by atoms with Crippen LogP contribution < -0.4 is 4.74 Å². The molecule has 0 radical (unpaired) electrons. The fraction of sp³-hybridized carbons (Fsp3) is 0.318. The Hall–Kier alpha value is -3.23. The molecule has 0 bridgehead atoms. The molecule has 1 fully saturated rings. The number of ether oxygens (including phenoxy) is 1. The van der Waals surface area contributed by atoms with Gasteiger partial charge in [0.1, 0.15) is 11.4 Å². The van der Waals surface area contributed by atoms with Gasteiger partial charge in [-0.05, 0) is 24.3 Å². The molecule has 30 heavy (non-hydrogen) atoms. The van der Waals surface area contributed by atoms with Crippen LogP contribution in [0.2, 0.25) is 0 Å². The van der Waals surface area contributed by atoms with Crippen LogP contribution >= 0.6 is 0 Å². The van der Waals surface area contributed by atoms with Gasteiger partial charge in [0.25, 0.3) is 0 Å². The zero-order valence-electron chi connectivity index (χ0n) is 16.9. The SMILES string of the molecule is COc1ccccc1-c1noc(CN2CCN(Cc3cn4ccccc4n3)CC2)n1. The van der Waals surface area contributed by atoms with Gasteiger partial charge in [-0.15, -0.1) is 0 Å². The first kappa shape index (κ1) is 18.8. The van der Waals surface area contributed by atoms with E-state index in [0.717, 1.165) is 55.4 Å². The summed E-state index contributed by atoms with van der Waals surface area (Å²) in [5.74, 6) is 1.93. The third-order valence-electron chi connectivity index (χ3n) is 5.44. The predicted octanol–water partition coefficient (Wildman–Crippen LogP) is 2.71. The molecule has 3 aromatic heterocycles. The van der Waals surface area contributed by atoms with E-state index >= 15 is 0 Å². The summed E-state index contributed by atoms with van der Waals surface area (Å²) in [6.45, 7) is 5.42. The third-order valence-corrected chi connectivity index (χ3v) is 5.44. The Morgan fingerprint density at radius 1 is 0.933 bits per heavy atom. The van der Waals surface area contributed by atoms with E-state index in [-0.39, 0.29) is 0 Å². The van der Waals surface area contributed by atoms with E-state index in [9.17, 15) is 0 Å². The van der Waals surface area contributed by atoms with Crippen LogP contribution in [0.4, 0.5) is 0 Å². The van der Waals surface area contributed by atoms with E-state index in [1.54, 1.807) is 7.11 Å². The maximum atomic E-state index is 5.49. The Balaban J connectivity index is 1.17. The van der Waals surface area contributed by atoms with Crippen LogP contribution in [0.25, 0.3) is 17.0 Å². The number of hydrogen-bond donors (Lipinski definition) is 0. The highest BCUT2D eigenvalue weighted by Gasteiger charge is 2.21. The molecule has 1 saturated heterocycles. The molecule has 0 amide bonds. The number of piperazine rings is 1. The molecule has 8 heteroatoms. The van der Waals surface area contributed by atoms with Gasteiger partial charge in [0.2, 0.25) is 11.7 Å². The van der Waals surface area contributed by atoms with Gasteiger partial charge in [-0.2, -0.15) is 4.98 Å². The number of methoxy groups -OCH3 is 1. The lowest BCUT2D eigenvalue weighted by atomic mass is 10.2. The molecule has 1 aliphatic rings. The molecule has 0 aliphatic carbocycles. The first-order valence-electron chi connectivity index (χ1n) is 10.1. The lowest BCUT2D eigenvalue weighted by Crippen LogP contribution is -2.45. The molecule has 0 spiro atoms. The highest BCUT2D eigenvalue weighted by Crippen LogP contribution is 2.27. The van der Waals surface area contributed by atoms with Crippen molar-refractivity contribution in [3.8, 4) is 17.1 Å². The smallest absolute Gasteiger partial charge is 0.241 e. The van der Waals surface area contributed by atoms with Crippen molar-refractivity contribution in [1.29, 1.82) is 0 Å². The maximum Gasteiger partial charge on any atom is 0.241 e. The van der Waals surface area contributed by atoms with E-state index < -0.39 is 0 Å². The van der Waals surface area contributed by atoms with Crippen molar-refractivity contribution in [2.45, 2.75) is 13.1 Å². The van der Waals surface area contributed by atoms with Crippen molar-refractivity contribution < 1.29 is 9.26 Å². The molecule has 1 aromatic carbocycles. The summed E-state index contributed by atoms with van der Waals surface area (Å²) in [5.41, 5.74) is 2.94. The Morgan fingerprint density at radius 3 is 2.50 bits per heavy atom. The summed E-state index contributed by atoms with van der Waals surface area (Å²) < 4.78 is 13.0. The number of imidazole rings is 1. The Bertz CT molecular complexity index is 1100. The highest BCUT2D eigenvalue weighted by molar-refractivity contribution is 5.63. The molecule has 0 N–H and O–H groups in total. The number of hydrogen-bond acceptors (Lipinski definition) is 7. The molecule has 5 rings (SSSR count). The molecule has 8 nitrogen and oxygen atoms in total. The molecular weight excluding hydrogens is 380 g/mol. The largest absolute Gasteiger partial charge is 0.496 e. The van der Waals surface area contributed by atoms with Crippen molar-refractivity contribution in [2.75, 3.05) is 33.3 Å². The maximum absolute atomic E-state index is 5.49. The van der Waals surface area contributed by atoms with E-state index in [4.69, 9.17) is 14.2 Å². The van der Waals surface area contributed by atoms with Crippen LogP contribution in [-0.2, 0) is 13.1 Å². The van der Waals surface area contributed by atoms with Gasteiger partial charge < -0.3 is 13.7 Å². The van der Waals surface area contributed by atoms with Crippen LogP contribution in [0.5, 0.6) is 5.75 Å². The summed E-state index contributed by atoms with van der Waals surface area (Å²) in [5, 5.41) is 4.14. The zero-order valence-corrected chi connectivity index (χ0v) is 16.9. The fourth-order valence-electron chi connectivity index (χ4n) is 3.85. The minimum absolute atomic E-state index is 0.563. The first-order chi connectivity index (χ1) is 14.8. The number of pyridine rings is 1.